The SMILES string of the molecule is COCc1cc(Cl)nc(-c2cncc(Br)c2)n1. The van der Waals surface area contributed by atoms with Gasteiger partial charge in [0.15, 0.2) is 5.82 Å². The highest BCUT2D eigenvalue weighted by Gasteiger charge is 2.06. The molecule has 0 aliphatic carbocycles. The van der Waals surface area contributed by atoms with Gasteiger partial charge in [0.1, 0.15) is 5.15 Å². The van der Waals surface area contributed by atoms with Gasteiger partial charge < -0.3 is 4.74 Å². The summed E-state index contributed by atoms with van der Waals surface area (Å²) in [6.07, 6.45) is 3.39. The molecule has 0 aromatic carbocycles. The third kappa shape index (κ3) is 3.21. The van der Waals surface area contributed by atoms with Gasteiger partial charge in [-0.2, -0.15) is 0 Å². The van der Waals surface area contributed by atoms with E-state index in [-0.39, 0.29) is 0 Å². The van der Waals surface area contributed by atoms with Gasteiger partial charge in [-0.25, -0.2) is 9.97 Å². The van der Waals surface area contributed by atoms with Crippen molar-refractivity contribution in [2.75, 3.05) is 7.11 Å². The highest BCUT2D eigenvalue weighted by molar-refractivity contribution is 9.10. The van der Waals surface area contributed by atoms with E-state index in [4.69, 9.17) is 16.3 Å². The summed E-state index contributed by atoms with van der Waals surface area (Å²) < 4.78 is 5.89. The number of halogens is 2. The Kier molecular flexibility index (Phi) is 4.04. The van der Waals surface area contributed by atoms with Crippen LogP contribution in [0.5, 0.6) is 0 Å². The Morgan fingerprint density at radius 3 is 2.82 bits per heavy atom. The monoisotopic (exact) mass is 313 g/mol. The predicted octanol–water partition coefficient (Wildman–Crippen LogP) is 3.10. The molecule has 0 aliphatic heterocycles. The van der Waals surface area contributed by atoms with E-state index in [1.165, 1.54) is 0 Å². The Balaban J connectivity index is 2.44. The minimum absolute atomic E-state index is 0.391. The molecular weight excluding hydrogens is 305 g/mol. The van der Waals surface area contributed by atoms with Crippen LogP contribution in [0.4, 0.5) is 0 Å². The van der Waals surface area contributed by atoms with Gasteiger partial charge in [0.2, 0.25) is 0 Å². The van der Waals surface area contributed by atoms with Crippen molar-refractivity contribution in [3.8, 4) is 11.4 Å². The van der Waals surface area contributed by atoms with Gasteiger partial charge >= 0.3 is 0 Å². The molecule has 6 heteroatoms. The average Bonchev–Trinajstić information content (AvgIpc) is 2.28. The van der Waals surface area contributed by atoms with Crippen LogP contribution in [-0.2, 0) is 11.3 Å². The molecule has 0 fully saturated rings. The molecule has 0 unspecified atom stereocenters. The lowest BCUT2D eigenvalue weighted by Gasteiger charge is -2.04. The van der Waals surface area contributed by atoms with Crippen LogP contribution in [0.2, 0.25) is 5.15 Å². The molecular formula is C11H9BrClN3O. The molecule has 2 aromatic rings. The first kappa shape index (κ1) is 12.4. The van der Waals surface area contributed by atoms with Gasteiger partial charge in [-0.3, -0.25) is 4.98 Å². The zero-order chi connectivity index (χ0) is 12.3. The van der Waals surface area contributed by atoms with Crippen LogP contribution in [0, 0.1) is 0 Å². The van der Waals surface area contributed by atoms with Crippen molar-refractivity contribution in [2.24, 2.45) is 0 Å². The summed E-state index contributed by atoms with van der Waals surface area (Å²) in [6.45, 7) is 0.399. The van der Waals surface area contributed by atoms with E-state index in [0.29, 0.717) is 17.6 Å². The van der Waals surface area contributed by atoms with Crippen molar-refractivity contribution in [1.29, 1.82) is 0 Å². The van der Waals surface area contributed by atoms with Crippen LogP contribution in [0.25, 0.3) is 11.4 Å². The molecule has 0 atom stereocenters. The van der Waals surface area contributed by atoms with Crippen molar-refractivity contribution < 1.29 is 4.74 Å². The number of hydrogen-bond donors (Lipinski definition) is 0. The molecule has 0 bridgehead atoms. The second-order valence-corrected chi connectivity index (χ2v) is 4.63. The lowest BCUT2D eigenvalue weighted by atomic mass is 10.2. The molecule has 88 valence electrons. The van der Waals surface area contributed by atoms with E-state index >= 15 is 0 Å². The number of pyridine rings is 1. The first-order chi connectivity index (χ1) is 8.19. The van der Waals surface area contributed by atoms with Crippen molar-refractivity contribution >= 4 is 27.5 Å². The summed E-state index contributed by atoms with van der Waals surface area (Å²) in [5.41, 5.74) is 1.54. The molecule has 0 amide bonds. The molecule has 0 radical (unpaired) electrons. The minimum Gasteiger partial charge on any atom is -0.378 e. The Bertz CT molecular complexity index is 536. The normalized spacial score (nSPS) is 10.5. The fourth-order valence-corrected chi connectivity index (χ4v) is 1.92. The first-order valence-electron chi connectivity index (χ1n) is 4.82. The molecule has 4 nitrogen and oxygen atoms in total. The van der Waals surface area contributed by atoms with Gasteiger partial charge in [-0.15, -0.1) is 0 Å². The molecule has 0 aliphatic rings. The van der Waals surface area contributed by atoms with Gasteiger partial charge in [0, 0.05) is 29.5 Å². The van der Waals surface area contributed by atoms with E-state index in [9.17, 15) is 0 Å². The van der Waals surface area contributed by atoms with E-state index in [2.05, 4.69) is 30.9 Å². The number of rotatable bonds is 3. The molecule has 2 rings (SSSR count). The van der Waals surface area contributed by atoms with Crippen molar-refractivity contribution in [3.63, 3.8) is 0 Å². The van der Waals surface area contributed by atoms with Crippen LogP contribution in [0.3, 0.4) is 0 Å². The fourth-order valence-electron chi connectivity index (χ4n) is 1.35. The standard InChI is InChI=1S/C11H9BrClN3O/c1-17-6-9-3-10(13)16-11(15-9)7-2-8(12)5-14-4-7/h2-5H,6H2,1H3. The summed E-state index contributed by atoms with van der Waals surface area (Å²) in [7, 11) is 1.61. The maximum atomic E-state index is 5.94. The average molecular weight is 315 g/mol. The second kappa shape index (κ2) is 5.53. The van der Waals surface area contributed by atoms with E-state index in [1.807, 2.05) is 6.07 Å². The Morgan fingerprint density at radius 2 is 2.12 bits per heavy atom. The van der Waals surface area contributed by atoms with Crippen molar-refractivity contribution in [1.82, 2.24) is 15.0 Å². The largest absolute Gasteiger partial charge is 0.378 e. The highest BCUT2D eigenvalue weighted by atomic mass is 79.9. The third-order valence-corrected chi connectivity index (χ3v) is 2.63. The number of aromatic nitrogens is 3. The zero-order valence-corrected chi connectivity index (χ0v) is 11.4. The van der Waals surface area contributed by atoms with Crippen LogP contribution in [-0.4, -0.2) is 22.1 Å². The molecule has 0 saturated carbocycles. The molecule has 2 aromatic heterocycles. The smallest absolute Gasteiger partial charge is 0.162 e. The number of hydrogen-bond acceptors (Lipinski definition) is 4. The molecule has 0 spiro atoms. The summed E-state index contributed by atoms with van der Waals surface area (Å²) in [4.78, 5) is 12.6. The summed E-state index contributed by atoms with van der Waals surface area (Å²) in [5.74, 6) is 0.540. The fraction of sp³-hybridized carbons (Fsp3) is 0.182. The van der Waals surface area contributed by atoms with E-state index in [0.717, 1.165) is 15.7 Å². The van der Waals surface area contributed by atoms with Crippen LogP contribution in [0.1, 0.15) is 5.69 Å². The van der Waals surface area contributed by atoms with Crippen molar-refractivity contribution in [2.45, 2.75) is 6.61 Å². The van der Waals surface area contributed by atoms with Gasteiger partial charge in [-0.05, 0) is 28.1 Å². The molecule has 0 saturated heterocycles. The quantitative estimate of drug-likeness (QED) is 0.817. The minimum atomic E-state index is 0.391. The Hall–Kier alpha value is -1.04. The summed E-state index contributed by atoms with van der Waals surface area (Å²) in [6, 6.07) is 3.56. The van der Waals surface area contributed by atoms with E-state index < -0.39 is 0 Å². The number of methoxy groups -OCH3 is 1. The van der Waals surface area contributed by atoms with Crippen LogP contribution >= 0.6 is 27.5 Å². The summed E-state index contributed by atoms with van der Waals surface area (Å²) in [5, 5.41) is 0.391. The van der Waals surface area contributed by atoms with Crippen LogP contribution in [0.15, 0.2) is 29.0 Å². The Morgan fingerprint density at radius 1 is 1.29 bits per heavy atom. The first-order valence-corrected chi connectivity index (χ1v) is 5.99. The number of nitrogens with zero attached hydrogens (tertiary/aromatic N) is 3. The predicted molar refractivity (Wildman–Crippen MR) is 68.7 cm³/mol. The molecule has 17 heavy (non-hydrogen) atoms. The molecule has 0 N–H and O–H groups in total. The maximum absolute atomic E-state index is 5.94. The number of ether oxygens (including phenoxy) is 1. The maximum Gasteiger partial charge on any atom is 0.162 e. The summed E-state index contributed by atoms with van der Waals surface area (Å²) >= 11 is 9.29. The van der Waals surface area contributed by atoms with Gasteiger partial charge in [-0.1, -0.05) is 11.6 Å². The van der Waals surface area contributed by atoms with Crippen molar-refractivity contribution in [3.05, 3.63) is 39.8 Å². The Labute approximate surface area is 112 Å². The van der Waals surface area contributed by atoms with Crippen LogP contribution < -0.4 is 0 Å². The van der Waals surface area contributed by atoms with Gasteiger partial charge in [0.05, 0.1) is 12.3 Å². The highest BCUT2D eigenvalue weighted by Crippen LogP contribution is 2.20. The van der Waals surface area contributed by atoms with Gasteiger partial charge in [0.25, 0.3) is 0 Å². The van der Waals surface area contributed by atoms with E-state index in [1.54, 1.807) is 25.6 Å². The topological polar surface area (TPSA) is 47.9 Å². The third-order valence-electron chi connectivity index (χ3n) is 2.00. The second-order valence-electron chi connectivity index (χ2n) is 3.33. The zero-order valence-electron chi connectivity index (χ0n) is 9.02. The lowest BCUT2D eigenvalue weighted by Crippen LogP contribution is -1.98. The molecule has 2 heterocycles. The lowest BCUT2D eigenvalue weighted by molar-refractivity contribution is 0.181.